The van der Waals surface area contributed by atoms with Crippen LogP contribution in [0.25, 0.3) is 0 Å². The Labute approximate surface area is 115 Å². The van der Waals surface area contributed by atoms with Gasteiger partial charge in [-0.3, -0.25) is 0 Å². The highest BCUT2D eigenvalue weighted by Crippen LogP contribution is 2.21. The van der Waals surface area contributed by atoms with Gasteiger partial charge >= 0.3 is 6.03 Å². The number of amides is 2. The average molecular weight is 275 g/mol. The maximum Gasteiger partial charge on any atom is 0.321 e. The molecule has 1 saturated heterocycles. The normalized spacial score (nSPS) is 18.2. The Morgan fingerprint density at radius 3 is 3.10 bits per heavy atom. The van der Waals surface area contributed by atoms with E-state index in [9.17, 15) is 9.18 Å². The predicted octanol–water partition coefficient (Wildman–Crippen LogP) is 1.90. The molecular weight excluding hydrogens is 261 g/mol. The molecule has 0 spiro atoms. The van der Waals surface area contributed by atoms with E-state index in [4.69, 9.17) is 0 Å². The van der Waals surface area contributed by atoms with Gasteiger partial charge < -0.3 is 10.2 Å². The van der Waals surface area contributed by atoms with Gasteiger partial charge in [0, 0.05) is 18.8 Å². The maximum absolute atomic E-state index is 13.1. The predicted molar refractivity (Wildman–Crippen MR) is 70.7 cm³/mol. The van der Waals surface area contributed by atoms with E-state index in [0.717, 1.165) is 6.42 Å². The van der Waals surface area contributed by atoms with E-state index in [0.29, 0.717) is 18.8 Å². The Morgan fingerprint density at radius 2 is 2.35 bits per heavy atom. The summed E-state index contributed by atoms with van der Waals surface area (Å²) in [5, 5.41) is 6.78. The van der Waals surface area contributed by atoms with Crippen molar-refractivity contribution in [1.29, 1.82) is 0 Å². The number of hydrogen-bond acceptors (Lipinski definition) is 3. The summed E-state index contributed by atoms with van der Waals surface area (Å²) in [6, 6.07) is 5.78. The zero-order valence-electron chi connectivity index (χ0n) is 10.7. The molecule has 104 valence electrons. The SMILES string of the molecule is O=C(Nc1cccc(F)c1)N1CC[C@@H](n2cncn2)C1. The third-order valence-electron chi connectivity index (χ3n) is 3.34. The van der Waals surface area contributed by atoms with E-state index in [1.54, 1.807) is 28.0 Å². The largest absolute Gasteiger partial charge is 0.322 e. The third-order valence-corrected chi connectivity index (χ3v) is 3.34. The Hall–Kier alpha value is -2.44. The molecule has 1 aromatic carbocycles. The molecule has 2 aromatic rings. The maximum atomic E-state index is 13.1. The summed E-state index contributed by atoms with van der Waals surface area (Å²) in [4.78, 5) is 17.7. The Bertz CT molecular complexity index is 601. The molecule has 0 saturated carbocycles. The number of nitrogens with one attached hydrogen (secondary N) is 1. The fourth-order valence-corrected chi connectivity index (χ4v) is 2.32. The summed E-state index contributed by atoms with van der Waals surface area (Å²) < 4.78 is 14.8. The lowest BCUT2D eigenvalue weighted by atomic mass is 10.3. The van der Waals surface area contributed by atoms with Crippen LogP contribution in [0.15, 0.2) is 36.9 Å². The second kappa shape index (κ2) is 5.28. The summed E-state index contributed by atoms with van der Waals surface area (Å²) in [5.74, 6) is -0.371. The van der Waals surface area contributed by atoms with Gasteiger partial charge in [-0.1, -0.05) is 6.07 Å². The van der Waals surface area contributed by atoms with Crippen LogP contribution in [0, 0.1) is 5.82 Å². The molecule has 1 aromatic heterocycles. The molecule has 2 amide bonds. The van der Waals surface area contributed by atoms with Gasteiger partial charge in [0.2, 0.25) is 0 Å². The minimum atomic E-state index is -0.371. The Balaban J connectivity index is 1.61. The fraction of sp³-hybridized carbons (Fsp3) is 0.308. The van der Waals surface area contributed by atoms with Crippen LogP contribution in [0.1, 0.15) is 12.5 Å². The number of likely N-dealkylation sites (tertiary alicyclic amines) is 1. The molecule has 1 aliphatic rings. The van der Waals surface area contributed by atoms with Crippen LogP contribution in [0.4, 0.5) is 14.9 Å². The number of anilines is 1. The highest BCUT2D eigenvalue weighted by atomic mass is 19.1. The molecule has 3 rings (SSSR count). The monoisotopic (exact) mass is 275 g/mol. The number of halogens is 1. The van der Waals surface area contributed by atoms with Crippen LogP contribution in [-0.2, 0) is 0 Å². The van der Waals surface area contributed by atoms with Gasteiger partial charge in [-0.15, -0.1) is 0 Å². The first-order valence-corrected chi connectivity index (χ1v) is 6.38. The second-order valence-electron chi connectivity index (χ2n) is 4.70. The van der Waals surface area contributed by atoms with Gasteiger partial charge in [0.05, 0.1) is 6.04 Å². The highest BCUT2D eigenvalue weighted by Gasteiger charge is 2.27. The second-order valence-corrected chi connectivity index (χ2v) is 4.70. The van der Waals surface area contributed by atoms with Crippen LogP contribution in [0.2, 0.25) is 0 Å². The van der Waals surface area contributed by atoms with Crippen LogP contribution >= 0.6 is 0 Å². The number of rotatable bonds is 2. The summed E-state index contributed by atoms with van der Waals surface area (Å²) >= 11 is 0. The zero-order valence-corrected chi connectivity index (χ0v) is 10.7. The van der Waals surface area contributed by atoms with Crippen LogP contribution < -0.4 is 5.32 Å². The lowest BCUT2D eigenvalue weighted by molar-refractivity contribution is 0.220. The molecule has 20 heavy (non-hydrogen) atoms. The van der Waals surface area contributed by atoms with Gasteiger partial charge in [0.25, 0.3) is 0 Å². The molecule has 0 radical (unpaired) electrons. The zero-order chi connectivity index (χ0) is 13.9. The lowest BCUT2D eigenvalue weighted by Gasteiger charge is -2.17. The number of nitrogens with zero attached hydrogens (tertiary/aromatic N) is 4. The summed E-state index contributed by atoms with van der Waals surface area (Å²) in [6.07, 6.45) is 3.97. The number of urea groups is 1. The van der Waals surface area contributed by atoms with Gasteiger partial charge in [-0.2, -0.15) is 5.10 Å². The first-order chi connectivity index (χ1) is 9.72. The molecule has 0 bridgehead atoms. The number of hydrogen-bond donors (Lipinski definition) is 1. The van der Waals surface area contributed by atoms with Crippen molar-refractivity contribution in [2.24, 2.45) is 0 Å². The van der Waals surface area contributed by atoms with Crippen molar-refractivity contribution in [1.82, 2.24) is 19.7 Å². The molecule has 7 heteroatoms. The molecule has 0 unspecified atom stereocenters. The van der Waals surface area contributed by atoms with Crippen molar-refractivity contribution in [3.05, 3.63) is 42.7 Å². The summed E-state index contributed by atoms with van der Waals surface area (Å²) in [7, 11) is 0. The third kappa shape index (κ3) is 2.61. The Morgan fingerprint density at radius 1 is 1.45 bits per heavy atom. The van der Waals surface area contributed by atoms with E-state index < -0.39 is 0 Å². The minimum absolute atomic E-state index is 0.149. The quantitative estimate of drug-likeness (QED) is 0.910. The number of carbonyl (C=O) groups is 1. The van der Waals surface area contributed by atoms with Crippen molar-refractivity contribution in [3.8, 4) is 0 Å². The van der Waals surface area contributed by atoms with Crippen LogP contribution in [-0.4, -0.2) is 38.8 Å². The van der Waals surface area contributed by atoms with Crippen molar-refractivity contribution in [3.63, 3.8) is 0 Å². The molecular formula is C13H14FN5O. The van der Waals surface area contributed by atoms with E-state index in [1.807, 2.05) is 0 Å². The van der Waals surface area contributed by atoms with E-state index >= 15 is 0 Å². The van der Waals surface area contributed by atoms with Crippen molar-refractivity contribution >= 4 is 11.7 Å². The Kier molecular flexibility index (Phi) is 3.32. The molecule has 1 aliphatic heterocycles. The fourth-order valence-electron chi connectivity index (χ4n) is 2.32. The average Bonchev–Trinajstić information content (AvgIpc) is 3.10. The van der Waals surface area contributed by atoms with E-state index in [1.165, 1.54) is 18.5 Å². The highest BCUT2D eigenvalue weighted by molar-refractivity contribution is 5.89. The van der Waals surface area contributed by atoms with E-state index in [-0.39, 0.29) is 17.9 Å². The van der Waals surface area contributed by atoms with Gasteiger partial charge in [-0.05, 0) is 24.6 Å². The molecule has 1 atom stereocenters. The van der Waals surface area contributed by atoms with Crippen molar-refractivity contribution in [2.75, 3.05) is 18.4 Å². The molecule has 2 heterocycles. The molecule has 0 aliphatic carbocycles. The van der Waals surface area contributed by atoms with Crippen molar-refractivity contribution in [2.45, 2.75) is 12.5 Å². The van der Waals surface area contributed by atoms with Gasteiger partial charge in [0.1, 0.15) is 18.5 Å². The summed E-state index contributed by atoms with van der Waals surface area (Å²) in [6.45, 7) is 1.22. The van der Waals surface area contributed by atoms with E-state index in [2.05, 4.69) is 15.4 Å². The standard InChI is InChI=1S/C13H14FN5O/c14-10-2-1-3-11(6-10)17-13(20)18-5-4-12(7-18)19-9-15-8-16-19/h1-3,6,8-9,12H,4-5,7H2,(H,17,20)/t12-/m1/s1. The molecule has 1 fully saturated rings. The number of carbonyl (C=O) groups excluding carboxylic acids is 1. The molecule has 6 nitrogen and oxygen atoms in total. The first-order valence-electron chi connectivity index (χ1n) is 6.38. The van der Waals surface area contributed by atoms with Crippen molar-refractivity contribution < 1.29 is 9.18 Å². The first kappa shape index (κ1) is 12.6. The summed E-state index contributed by atoms with van der Waals surface area (Å²) in [5.41, 5.74) is 0.458. The van der Waals surface area contributed by atoms with Gasteiger partial charge in [-0.25, -0.2) is 18.9 Å². The topological polar surface area (TPSA) is 63.1 Å². The molecule has 1 N–H and O–H groups in total. The smallest absolute Gasteiger partial charge is 0.321 e. The van der Waals surface area contributed by atoms with Gasteiger partial charge in [0.15, 0.2) is 0 Å². The minimum Gasteiger partial charge on any atom is -0.322 e. The number of aromatic nitrogens is 3. The van der Waals surface area contributed by atoms with Crippen LogP contribution in [0.3, 0.4) is 0 Å². The lowest BCUT2D eigenvalue weighted by Crippen LogP contribution is -2.33. The van der Waals surface area contributed by atoms with Crippen LogP contribution in [0.5, 0.6) is 0 Å². The number of benzene rings is 1.